The van der Waals surface area contributed by atoms with Gasteiger partial charge in [-0.25, -0.2) is 4.79 Å². The first-order valence-electron chi connectivity index (χ1n) is 5.16. The summed E-state index contributed by atoms with van der Waals surface area (Å²) in [5.41, 5.74) is 0. The zero-order valence-electron chi connectivity index (χ0n) is 9.62. The van der Waals surface area contributed by atoms with Crippen molar-refractivity contribution in [3.05, 3.63) is 0 Å². The second-order valence-electron chi connectivity index (χ2n) is 3.84. The van der Waals surface area contributed by atoms with Crippen LogP contribution in [0.3, 0.4) is 0 Å². The number of nitrogens with zero attached hydrogens (tertiary/aromatic N) is 1. The second-order valence-corrected chi connectivity index (χ2v) is 3.84. The van der Waals surface area contributed by atoms with Gasteiger partial charge in [-0.1, -0.05) is 0 Å². The molecule has 0 radical (unpaired) electrons. The molecule has 0 atom stereocenters. The Labute approximate surface area is 90.5 Å². The number of carbonyl (C=O) groups excluding carboxylic acids is 1. The topological polar surface area (TPSA) is 69.6 Å². The zero-order valence-corrected chi connectivity index (χ0v) is 9.62. The van der Waals surface area contributed by atoms with Gasteiger partial charge < -0.3 is 15.3 Å². The van der Waals surface area contributed by atoms with Crippen LogP contribution in [0.4, 0.5) is 0 Å². The van der Waals surface area contributed by atoms with Crippen LogP contribution in [-0.4, -0.2) is 48.1 Å². The SMILES string of the molecule is CC(C)N(C)CCCCNC(=O)C(=O)O. The highest BCUT2D eigenvalue weighted by atomic mass is 16.4. The lowest BCUT2D eigenvalue weighted by molar-refractivity contribution is -0.150. The van der Waals surface area contributed by atoms with E-state index in [-0.39, 0.29) is 0 Å². The molecule has 5 nitrogen and oxygen atoms in total. The molecular weight excluding hydrogens is 196 g/mol. The molecule has 0 spiro atoms. The third-order valence-electron chi connectivity index (χ3n) is 2.30. The highest BCUT2D eigenvalue weighted by Crippen LogP contribution is 1.97. The molecule has 5 heteroatoms. The summed E-state index contributed by atoms with van der Waals surface area (Å²) >= 11 is 0. The summed E-state index contributed by atoms with van der Waals surface area (Å²) < 4.78 is 0. The number of carboxylic acid groups (broad SMARTS) is 1. The molecule has 0 saturated carbocycles. The fraction of sp³-hybridized carbons (Fsp3) is 0.800. The monoisotopic (exact) mass is 216 g/mol. The first-order valence-corrected chi connectivity index (χ1v) is 5.16. The fourth-order valence-electron chi connectivity index (χ4n) is 1.02. The number of amides is 1. The third kappa shape index (κ3) is 6.90. The van der Waals surface area contributed by atoms with Crippen molar-refractivity contribution in [3.8, 4) is 0 Å². The second kappa shape index (κ2) is 7.23. The number of aliphatic carboxylic acids is 1. The van der Waals surface area contributed by atoms with Crippen molar-refractivity contribution >= 4 is 11.9 Å². The average Bonchev–Trinajstić information content (AvgIpc) is 2.16. The van der Waals surface area contributed by atoms with Gasteiger partial charge in [-0.15, -0.1) is 0 Å². The van der Waals surface area contributed by atoms with Crippen LogP contribution in [0.25, 0.3) is 0 Å². The van der Waals surface area contributed by atoms with E-state index < -0.39 is 11.9 Å². The Morgan fingerprint density at radius 2 is 1.93 bits per heavy atom. The Bertz CT molecular complexity index is 217. The van der Waals surface area contributed by atoms with Crippen molar-refractivity contribution in [2.45, 2.75) is 32.7 Å². The van der Waals surface area contributed by atoms with Gasteiger partial charge in [0.15, 0.2) is 0 Å². The molecule has 0 rings (SSSR count). The highest BCUT2D eigenvalue weighted by molar-refractivity contribution is 6.31. The normalized spacial score (nSPS) is 10.7. The van der Waals surface area contributed by atoms with Gasteiger partial charge >= 0.3 is 11.9 Å². The first-order chi connectivity index (χ1) is 6.95. The molecule has 0 saturated heterocycles. The number of carboxylic acids is 1. The van der Waals surface area contributed by atoms with Crippen LogP contribution in [0.2, 0.25) is 0 Å². The summed E-state index contributed by atoms with van der Waals surface area (Å²) in [4.78, 5) is 23.0. The summed E-state index contributed by atoms with van der Waals surface area (Å²) in [6, 6.07) is 0.513. The maximum atomic E-state index is 10.6. The van der Waals surface area contributed by atoms with E-state index >= 15 is 0 Å². The standard InChI is InChI=1S/C10H20N2O3/c1-8(2)12(3)7-5-4-6-11-9(13)10(14)15/h8H,4-7H2,1-3H3,(H,11,13)(H,14,15). The van der Waals surface area contributed by atoms with Gasteiger partial charge in [0.1, 0.15) is 0 Å². The van der Waals surface area contributed by atoms with Gasteiger partial charge in [0.05, 0.1) is 0 Å². The zero-order chi connectivity index (χ0) is 11.8. The van der Waals surface area contributed by atoms with Crippen molar-refractivity contribution < 1.29 is 14.7 Å². The molecule has 0 aliphatic rings. The average molecular weight is 216 g/mol. The summed E-state index contributed by atoms with van der Waals surface area (Å²) in [5, 5.41) is 10.6. The maximum Gasteiger partial charge on any atom is 0.394 e. The maximum absolute atomic E-state index is 10.6. The Balaban J connectivity index is 3.40. The first kappa shape index (κ1) is 13.9. The minimum atomic E-state index is -1.42. The molecule has 0 heterocycles. The van der Waals surface area contributed by atoms with Gasteiger partial charge in [0.25, 0.3) is 0 Å². The van der Waals surface area contributed by atoms with E-state index in [1.807, 2.05) is 7.05 Å². The molecule has 0 aliphatic heterocycles. The summed E-state index contributed by atoms with van der Waals surface area (Å²) in [6.07, 6.45) is 1.75. The van der Waals surface area contributed by atoms with E-state index in [1.165, 1.54) is 0 Å². The third-order valence-corrected chi connectivity index (χ3v) is 2.30. The lowest BCUT2D eigenvalue weighted by Crippen LogP contribution is -2.32. The van der Waals surface area contributed by atoms with Gasteiger partial charge in [-0.2, -0.15) is 0 Å². The van der Waals surface area contributed by atoms with Crippen molar-refractivity contribution in [3.63, 3.8) is 0 Å². The van der Waals surface area contributed by atoms with Crippen LogP contribution in [0.15, 0.2) is 0 Å². The Morgan fingerprint density at radius 3 is 2.40 bits per heavy atom. The number of hydrogen-bond acceptors (Lipinski definition) is 3. The highest BCUT2D eigenvalue weighted by Gasteiger charge is 2.09. The van der Waals surface area contributed by atoms with E-state index in [9.17, 15) is 9.59 Å². The van der Waals surface area contributed by atoms with Crippen molar-refractivity contribution in [2.24, 2.45) is 0 Å². The molecule has 0 fully saturated rings. The molecular formula is C10H20N2O3. The minimum absolute atomic E-state index is 0.428. The molecule has 0 aromatic heterocycles. The Morgan fingerprint density at radius 1 is 1.33 bits per heavy atom. The smallest absolute Gasteiger partial charge is 0.394 e. The summed E-state index contributed by atoms with van der Waals surface area (Å²) in [7, 11) is 2.04. The van der Waals surface area contributed by atoms with E-state index in [0.717, 1.165) is 19.4 Å². The molecule has 88 valence electrons. The fourth-order valence-corrected chi connectivity index (χ4v) is 1.02. The predicted molar refractivity (Wildman–Crippen MR) is 57.6 cm³/mol. The number of hydrogen-bond donors (Lipinski definition) is 2. The summed E-state index contributed by atoms with van der Waals surface area (Å²) in [5.74, 6) is -2.35. The molecule has 0 unspecified atom stereocenters. The van der Waals surface area contributed by atoms with Crippen LogP contribution in [0.1, 0.15) is 26.7 Å². The lowest BCUT2D eigenvalue weighted by atomic mass is 10.2. The molecule has 2 N–H and O–H groups in total. The molecule has 0 aromatic carbocycles. The lowest BCUT2D eigenvalue weighted by Gasteiger charge is -2.20. The van der Waals surface area contributed by atoms with Gasteiger partial charge in [0, 0.05) is 12.6 Å². The van der Waals surface area contributed by atoms with Crippen LogP contribution in [0.5, 0.6) is 0 Å². The Kier molecular flexibility index (Phi) is 6.70. The van der Waals surface area contributed by atoms with Crippen LogP contribution < -0.4 is 5.32 Å². The van der Waals surface area contributed by atoms with Crippen LogP contribution >= 0.6 is 0 Å². The minimum Gasteiger partial charge on any atom is -0.474 e. The van der Waals surface area contributed by atoms with Crippen molar-refractivity contribution in [2.75, 3.05) is 20.1 Å². The molecule has 15 heavy (non-hydrogen) atoms. The molecule has 0 bridgehead atoms. The molecule has 0 aliphatic carbocycles. The quantitative estimate of drug-likeness (QED) is 0.495. The largest absolute Gasteiger partial charge is 0.474 e. The van der Waals surface area contributed by atoms with Gasteiger partial charge in [-0.05, 0) is 40.3 Å². The van der Waals surface area contributed by atoms with E-state index in [1.54, 1.807) is 0 Å². The van der Waals surface area contributed by atoms with Gasteiger partial charge in [0.2, 0.25) is 0 Å². The number of nitrogens with one attached hydrogen (secondary N) is 1. The predicted octanol–water partition coefficient (Wildman–Crippen LogP) is 0.308. The van der Waals surface area contributed by atoms with Crippen LogP contribution in [0, 0.1) is 0 Å². The number of unbranched alkanes of at least 4 members (excludes halogenated alkanes) is 1. The van der Waals surface area contributed by atoms with Crippen molar-refractivity contribution in [1.29, 1.82) is 0 Å². The summed E-state index contributed by atoms with van der Waals surface area (Å²) in [6.45, 7) is 5.62. The van der Waals surface area contributed by atoms with E-state index in [2.05, 4.69) is 24.1 Å². The van der Waals surface area contributed by atoms with Gasteiger partial charge in [-0.3, -0.25) is 4.79 Å². The van der Waals surface area contributed by atoms with Crippen molar-refractivity contribution in [1.82, 2.24) is 10.2 Å². The molecule has 0 aromatic rings. The Hall–Kier alpha value is -1.10. The van der Waals surface area contributed by atoms with E-state index in [0.29, 0.717) is 12.6 Å². The van der Waals surface area contributed by atoms with Crippen LogP contribution in [-0.2, 0) is 9.59 Å². The molecule has 1 amide bonds. The number of rotatable bonds is 6. The number of carbonyl (C=O) groups is 2. The van der Waals surface area contributed by atoms with E-state index in [4.69, 9.17) is 5.11 Å².